The van der Waals surface area contributed by atoms with Gasteiger partial charge in [0.15, 0.2) is 23.9 Å². The van der Waals surface area contributed by atoms with E-state index in [1.165, 1.54) is 12.0 Å². The number of Topliss-reactive ketones (excluding diaryl/α,β-unsaturated/α-hetero) is 1. The van der Waals surface area contributed by atoms with Crippen molar-refractivity contribution in [3.05, 3.63) is 23.3 Å². The molecule has 0 saturated carbocycles. The Hall–Kier alpha value is -2.36. The lowest BCUT2D eigenvalue weighted by Gasteiger charge is -2.44. The molecule has 6 rings (SSSR count). The van der Waals surface area contributed by atoms with E-state index in [1.807, 2.05) is 6.07 Å². The molecule has 13 nitrogen and oxygen atoms in total. The summed E-state index contributed by atoms with van der Waals surface area (Å²) < 4.78 is 45.4. The van der Waals surface area contributed by atoms with Crippen LogP contribution >= 0.6 is 0 Å². The van der Waals surface area contributed by atoms with Crippen molar-refractivity contribution in [3.63, 3.8) is 0 Å². The van der Waals surface area contributed by atoms with Crippen molar-refractivity contribution in [3.8, 4) is 11.5 Å². The van der Waals surface area contributed by atoms with Crippen molar-refractivity contribution in [2.24, 2.45) is 0 Å². The van der Waals surface area contributed by atoms with Crippen LogP contribution in [0.1, 0.15) is 29.9 Å². The van der Waals surface area contributed by atoms with E-state index in [9.17, 15) is 19.8 Å². The molecule has 5 aliphatic heterocycles. The molecule has 3 saturated heterocycles. The van der Waals surface area contributed by atoms with Gasteiger partial charge in [-0.25, -0.2) is 0 Å². The Kier molecular flexibility index (Phi) is 7.26. The van der Waals surface area contributed by atoms with Crippen LogP contribution in [0.5, 0.6) is 11.5 Å². The lowest BCUT2D eigenvalue weighted by atomic mass is 9.86. The van der Waals surface area contributed by atoms with Crippen LogP contribution in [-0.4, -0.2) is 110 Å². The fourth-order valence-corrected chi connectivity index (χ4v) is 5.88. The quantitative estimate of drug-likeness (QED) is 0.504. The number of methoxy groups -OCH3 is 1. The van der Waals surface area contributed by atoms with E-state index in [0.717, 1.165) is 11.1 Å². The first-order valence-electron chi connectivity index (χ1n) is 12.7. The van der Waals surface area contributed by atoms with Crippen molar-refractivity contribution in [2.75, 3.05) is 40.6 Å². The number of ketones is 1. The Morgan fingerprint density at radius 1 is 1.08 bits per heavy atom. The van der Waals surface area contributed by atoms with Crippen LogP contribution in [0.4, 0.5) is 0 Å². The third-order valence-electron chi connectivity index (χ3n) is 7.81. The minimum Gasteiger partial charge on any atom is -0.454 e. The van der Waals surface area contributed by atoms with Gasteiger partial charge in [0.05, 0.1) is 6.61 Å². The summed E-state index contributed by atoms with van der Waals surface area (Å²) in [6.07, 6.45) is -7.00. The number of carbonyl (C=O) groups excluding carboxylic acids is 2. The first-order chi connectivity index (χ1) is 18.5. The maximum Gasteiger partial charge on any atom is 0.254 e. The second-order valence-corrected chi connectivity index (χ2v) is 9.92. The predicted molar refractivity (Wildman–Crippen MR) is 123 cm³/mol. The summed E-state index contributed by atoms with van der Waals surface area (Å²) in [6.45, 7) is 0.00916. The highest BCUT2D eigenvalue weighted by molar-refractivity contribution is 5.90. The van der Waals surface area contributed by atoms with Crippen LogP contribution in [0.2, 0.25) is 0 Å². The zero-order valence-electron chi connectivity index (χ0n) is 20.9. The van der Waals surface area contributed by atoms with Gasteiger partial charge >= 0.3 is 0 Å². The summed E-state index contributed by atoms with van der Waals surface area (Å²) in [6, 6.07) is 3.61. The molecule has 0 spiro atoms. The number of fused-ring (bicyclic) bond motifs is 7. The molecule has 1 aromatic carbocycles. The average Bonchev–Trinajstić information content (AvgIpc) is 3.13. The van der Waals surface area contributed by atoms with E-state index < -0.39 is 61.3 Å². The maximum absolute atomic E-state index is 13.7. The zero-order valence-corrected chi connectivity index (χ0v) is 20.9. The molecular weight excluding hydrogens is 506 g/mol. The van der Waals surface area contributed by atoms with E-state index in [-0.39, 0.29) is 39.1 Å². The largest absolute Gasteiger partial charge is 0.454 e. The molecule has 208 valence electrons. The normalized spacial score (nSPS) is 37.0. The Balaban J connectivity index is 1.30. The molecule has 0 radical (unpaired) electrons. The van der Waals surface area contributed by atoms with Crippen molar-refractivity contribution in [2.45, 2.75) is 68.2 Å². The summed E-state index contributed by atoms with van der Waals surface area (Å²) in [4.78, 5) is 28.7. The molecule has 8 atom stereocenters. The van der Waals surface area contributed by atoms with Crippen molar-refractivity contribution in [1.29, 1.82) is 0 Å². The molecule has 5 heterocycles. The molecule has 1 aromatic rings. The Bertz CT molecular complexity index is 1070. The molecule has 5 aliphatic rings. The van der Waals surface area contributed by atoms with Crippen LogP contribution in [0, 0.1) is 0 Å². The first-order valence-corrected chi connectivity index (χ1v) is 12.7. The first kappa shape index (κ1) is 25.9. The monoisotopic (exact) mass is 537 g/mol. The summed E-state index contributed by atoms with van der Waals surface area (Å²) >= 11 is 0. The van der Waals surface area contributed by atoms with Crippen LogP contribution < -0.4 is 9.47 Å². The molecule has 0 aromatic heterocycles. The maximum atomic E-state index is 13.7. The molecule has 38 heavy (non-hydrogen) atoms. The smallest absolute Gasteiger partial charge is 0.254 e. The number of ether oxygens (including phenoxy) is 8. The van der Waals surface area contributed by atoms with Gasteiger partial charge in [-0.15, -0.1) is 0 Å². The van der Waals surface area contributed by atoms with Gasteiger partial charge in [0.1, 0.15) is 49.9 Å². The number of hydrogen-bond acceptors (Lipinski definition) is 12. The highest BCUT2D eigenvalue weighted by atomic mass is 16.8. The summed E-state index contributed by atoms with van der Waals surface area (Å²) in [5, 5.41) is 21.1. The molecule has 1 amide bonds. The third-order valence-corrected chi connectivity index (χ3v) is 7.81. The number of rotatable bonds is 4. The van der Waals surface area contributed by atoms with Gasteiger partial charge in [-0.05, 0) is 29.7 Å². The predicted octanol–water partition coefficient (Wildman–Crippen LogP) is -0.602. The van der Waals surface area contributed by atoms with Gasteiger partial charge < -0.3 is 53.0 Å². The van der Waals surface area contributed by atoms with Gasteiger partial charge in [0.25, 0.3) is 5.91 Å². The fraction of sp³-hybridized carbons (Fsp3) is 0.680. The van der Waals surface area contributed by atoms with Crippen molar-refractivity contribution in [1.82, 2.24) is 4.90 Å². The van der Waals surface area contributed by atoms with Crippen LogP contribution in [-0.2, 0) is 44.6 Å². The van der Waals surface area contributed by atoms with E-state index in [2.05, 4.69) is 0 Å². The van der Waals surface area contributed by atoms with Crippen LogP contribution in [0.25, 0.3) is 0 Å². The standard InChI is InChI=1S/C25H31NO12/c1-31-21-19(8-27)38-25(23-22(21)35-9-32-10-36-23)37-18-6-15(28)13-2-3-26(24(30)20(18)29)7-12-4-16-17(5-14(12)13)34-11-33-16/h4-5,13,18-23,25,27,29H,2-3,6-11H2,1H3/t13-,18+,19+,20-,21+,22-,23+,25+/m0/s1. The lowest BCUT2D eigenvalue weighted by Crippen LogP contribution is -2.62. The van der Waals surface area contributed by atoms with E-state index in [4.69, 9.17) is 37.9 Å². The lowest BCUT2D eigenvalue weighted by molar-refractivity contribution is -0.325. The third kappa shape index (κ3) is 4.56. The van der Waals surface area contributed by atoms with E-state index >= 15 is 0 Å². The zero-order chi connectivity index (χ0) is 26.4. The second kappa shape index (κ2) is 10.7. The highest BCUT2D eigenvalue weighted by Crippen LogP contribution is 2.42. The van der Waals surface area contributed by atoms with Crippen LogP contribution in [0.3, 0.4) is 0 Å². The molecule has 0 unspecified atom stereocenters. The topological polar surface area (TPSA) is 152 Å². The number of benzene rings is 1. The van der Waals surface area contributed by atoms with Crippen molar-refractivity contribution >= 4 is 11.7 Å². The molecule has 2 bridgehead atoms. The summed E-state index contributed by atoms with van der Waals surface area (Å²) in [5.74, 6) is -0.149. The number of hydrogen-bond donors (Lipinski definition) is 2. The molecule has 0 aliphatic carbocycles. The van der Waals surface area contributed by atoms with Crippen molar-refractivity contribution < 1.29 is 57.7 Å². The second-order valence-electron chi connectivity index (χ2n) is 9.92. The minimum absolute atomic E-state index is 0.0660. The SMILES string of the molecule is CO[C@H]1[C@@H]2OCOCO[C@H]2[C@H](O[C@@H]2CC(=O)[C@H]3CCN(Cc4cc5c(cc43)OCO5)C(=O)[C@H]2O)O[C@@H]1CO. The van der Waals surface area contributed by atoms with Gasteiger partial charge in [-0.1, -0.05) is 0 Å². The Morgan fingerprint density at radius 3 is 2.61 bits per heavy atom. The summed E-state index contributed by atoms with van der Waals surface area (Å²) in [7, 11) is 1.46. The number of nitrogens with zero attached hydrogens (tertiary/aromatic N) is 1. The van der Waals surface area contributed by atoms with Gasteiger partial charge in [0, 0.05) is 32.5 Å². The minimum atomic E-state index is -1.63. The van der Waals surface area contributed by atoms with Gasteiger partial charge in [-0.3, -0.25) is 9.59 Å². The van der Waals surface area contributed by atoms with Gasteiger partial charge in [-0.2, -0.15) is 0 Å². The van der Waals surface area contributed by atoms with E-state index in [0.29, 0.717) is 24.5 Å². The Morgan fingerprint density at radius 2 is 1.84 bits per heavy atom. The number of carbonyl (C=O) groups is 2. The van der Waals surface area contributed by atoms with Gasteiger partial charge in [0.2, 0.25) is 6.79 Å². The van der Waals surface area contributed by atoms with Crippen LogP contribution in [0.15, 0.2) is 12.1 Å². The summed E-state index contributed by atoms with van der Waals surface area (Å²) in [5.41, 5.74) is 1.56. The number of aliphatic hydroxyl groups is 2. The molecular formula is C25H31NO12. The average molecular weight is 538 g/mol. The molecule has 13 heteroatoms. The number of aliphatic hydroxyl groups excluding tert-OH is 2. The van der Waals surface area contributed by atoms with E-state index in [1.54, 1.807) is 6.07 Å². The molecule has 3 fully saturated rings. The molecule has 2 N–H and O–H groups in total. The fourth-order valence-electron chi connectivity index (χ4n) is 5.88. The Labute approximate surface area is 218 Å². The number of amides is 1. The highest BCUT2D eigenvalue weighted by Gasteiger charge is 2.51.